The second kappa shape index (κ2) is 7.23. The van der Waals surface area contributed by atoms with Crippen LogP contribution in [0.1, 0.15) is 15.9 Å². The number of rotatable bonds is 5. The van der Waals surface area contributed by atoms with Crippen LogP contribution in [0.4, 0.5) is 0 Å². The highest BCUT2D eigenvalue weighted by Gasteiger charge is 2.12. The predicted octanol–water partition coefficient (Wildman–Crippen LogP) is 4.54. The minimum absolute atomic E-state index is 0.228. The van der Waals surface area contributed by atoms with E-state index in [1.54, 1.807) is 30.7 Å². The Bertz CT molecular complexity index is 826. The lowest BCUT2D eigenvalue weighted by molar-refractivity contribution is 0.0948. The molecule has 0 spiro atoms. The first-order valence-electron chi connectivity index (χ1n) is 7.40. The predicted molar refractivity (Wildman–Crippen MR) is 93.3 cm³/mol. The average Bonchev–Trinajstić information content (AvgIpc) is 3.14. The molecule has 122 valence electrons. The van der Waals surface area contributed by atoms with Crippen molar-refractivity contribution in [1.82, 2.24) is 5.32 Å². The van der Waals surface area contributed by atoms with Gasteiger partial charge in [-0.15, -0.1) is 0 Å². The van der Waals surface area contributed by atoms with Crippen molar-refractivity contribution in [3.05, 3.63) is 77.2 Å². The Morgan fingerprint density at radius 2 is 1.92 bits per heavy atom. The number of nitrogens with one attached hydrogen (secondary N) is 1. The second-order valence-corrected chi connectivity index (χ2v) is 5.67. The van der Waals surface area contributed by atoms with Crippen molar-refractivity contribution in [3.63, 3.8) is 0 Å². The molecule has 5 heteroatoms. The molecule has 0 saturated heterocycles. The molecule has 3 rings (SSSR count). The molecule has 2 aromatic carbocycles. The largest absolute Gasteiger partial charge is 0.496 e. The summed E-state index contributed by atoms with van der Waals surface area (Å²) in [6.07, 6.45) is 3.34. The van der Waals surface area contributed by atoms with Crippen LogP contribution < -0.4 is 10.1 Å². The molecule has 3 aromatic rings. The van der Waals surface area contributed by atoms with Gasteiger partial charge in [-0.05, 0) is 35.4 Å². The second-order valence-electron chi connectivity index (χ2n) is 5.24. The third-order valence-electron chi connectivity index (χ3n) is 3.67. The van der Waals surface area contributed by atoms with Gasteiger partial charge in [-0.25, -0.2) is 0 Å². The van der Waals surface area contributed by atoms with E-state index in [4.69, 9.17) is 20.8 Å². The van der Waals surface area contributed by atoms with E-state index in [0.29, 0.717) is 22.9 Å². The Hall–Kier alpha value is -2.72. The van der Waals surface area contributed by atoms with Gasteiger partial charge in [0.15, 0.2) is 0 Å². The summed E-state index contributed by atoms with van der Waals surface area (Å²) in [6, 6.07) is 14.8. The number of methoxy groups -OCH3 is 1. The first kappa shape index (κ1) is 16.1. The molecule has 4 nitrogen and oxygen atoms in total. The lowest BCUT2D eigenvalue weighted by Gasteiger charge is -2.10. The number of hydrogen-bond donors (Lipinski definition) is 1. The number of benzene rings is 2. The van der Waals surface area contributed by atoms with Crippen LogP contribution in [0.3, 0.4) is 0 Å². The highest BCUT2D eigenvalue weighted by molar-refractivity contribution is 6.31. The molecule has 0 aliphatic carbocycles. The van der Waals surface area contributed by atoms with Gasteiger partial charge < -0.3 is 14.5 Å². The summed E-state index contributed by atoms with van der Waals surface area (Å²) in [6.45, 7) is 0.417. The van der Waals surface area contributed by atoms with Crippen molar-refractivity contribution in [3.8, 4) is 16.9 Å². The number of halogens is 1. The van der Waals surface area contributed by atoms with Crippen molar-refractivity contribution in [1.29, 1.82) is 0 Å². The molecule has 0 saturated carbocycles. The van der Waals surface area contributed by atoms with Crippen molar-refractivity contribution >= 4 is 17.5 Å². The SMILES string of the molecule is COc1ccc(Cl)cc1C(=O)NCc1ccc(-c2ccoc2)cc1. The quantitative estimate of drug-likeness (QED) is 0.741. The number of furan rings is 1. The summed E-state index contributed by atoms with van der Waals surface area (Å²) in [5, 5.41) is 3.37. The van der Waals surface area contributed by atoms with Gasteiger partial charge in [-0.3, -0.25) is 4.79 Å². The topological polar surface area (TPSA) is 51.5 Å². The maximum atomic E-state index is 12.3. The van der Waals surface area contributed by atoms with Crippen LogP contribution in [-0.2, 0) is 6.54 Å². The molecule has 1 amide bonds. The maximum absolute atomic E-state index is 12.3. The van der Waals surface area contributed by atoms with E-state index < -0.39 is 0 Å². The zero-order valence-electron chi connectivity index (χ0n) is 13.1. The summed E-state index contributed by atoms with van der Waals surface area (Å²) in [7, 11) is 1.52. The average molecular weight is 342 g/mol. The minimum atomic E-state index is -0.228. The van der Waals surface area contributed by atoms with E-state index in [0.717, 1.165) is 16.7 Å². The molecule has 0 atom stereocenters. The zero-order valence-corrected chi connectivity index (χ0v) is 13.8. The number of ether oxygens (including phenoxy) is 1. The highest BCUT2D eigenvalue weighted by atomic mass is 35.5. The molecule has 1 N–H and O–H groups in total. The lowest BCUT2D eigenvalue weighted by atomic mass is 10.1. The van der Waals surface area contributed by atoms with Crippen LogP contribution in [0.5, 0.6) is 5.75 Å². The van der Waals surface area contributed by atoms with Gasteiger partial charge in [0.2, 0.25) is 0 Å². The molecule has 0 fully saturated rings. The Morgan fingerprint density at radius 1 is 1.12 bits per heavy atom. The van der Waals surface area contributed by atoms with Gasteiger partial charge in [0.1, 0.15) is 5.75 Å². The van der Waals surface area contributed by atoms with Crippen LogP contribution >= 0.6 is 11.6 Å². The Kier molecular flexibility index (Phi) is 4.87. The number of carbonyl (C=O) groups is 1. The Morgan fingerprint density at radius 3 is 2.58 bits per heavy atom. The van der Waals surface area contributed by atoms with E-state index in [9.17, 15) is 4.79 Å². The van der Waals surface area contributed by atoms with Crippen molar-refractivity contribution < 1.29 is 13.9 Å². The Balaban J connectivity index is 1.67. The van der Waals surface area contributed by atoms with E-state index in [1.807, 2.05) is 30.3 Å². The smallest absolute Gasteiger partial charge is 0.255 e. The van der Waals surface area contributed by atoms with Crippen LogP contribution in [0.2, 0.25) is 5.02 Å². The zero-order chi connectivity index (χ0) is 16.9. The maximum Gasteiger partial charge on any atom is 0.255 e. The third-order valence-corrected chi connectivity index (χ3v) is 3.90. The van der Waals surface area contributed by atoms with Crippen molar-refractivity contribution in [2.24, 2.45) is 0 Å². The summed E-state index contributed by atoms with van der Waals surface area (Å²) in [4.78, 5) is 12.3. The third kappa shape index (κ3) is 3.60. The van der Waals surface area contributed by atoms with Crippen LogP contribution in [0, 0.1) is 0 Å². The molecule has 0 bridgehead atoms. The molecule has 24 heavy (non-hydrogen) atoms. The van der Waals surface area contributed by atoms with Gasteiger partial charge in [0.25, 0.3) is 5.91 Å². The number of hydrogen-bond acceptors (Lipinski definition) is 3. The van der Waals surface area contributed by atoms with E-state index >= 15 is 0 Å². The molecule has 0 unspecified atom stereocenters. The standard InChI is InChI=1S/C19H16ClNO3/c1-23-18-7-6-16(20)10-17(18)19(22)21-11-13-2-4-14(5-3-13)15-8-9-24-12-15/h2-10,12H,11H2,1H3,(H,21,22). The van der Waals surface area contributed by atoms with E-state index in [1.165, 1.54) is 7.11 Å². The van der Waals surface area contributed by atoms with Gasteiger partial charge in [-0.2, -0.15) is 0 Å². The van der Waals surface area contributed by atoms with Crippen molar-refractivity contribution in [2.45, 2.75) is 6.54 Å². The first-order valence-corrected chi connectivity index (χ1v) is 7.78. The van der Waals surface area contributed by atoms with E-state index in [-0.39, 0.29) is 5.91 Å². The summed E-state index contributed by atoms with van der Waals surface area (Å²) in [5.74, 6) is 0.264. The monoisotopic (exact) mass is 341 g/mol. The fourth-order valence-electron chi connectivity index (χ4n) is 2.38. The lowest BCUT2D eigenvalue weighted by Crippen LogP contribution is -2.23. The minimum Gasteiger partial charge on any atom is -0.496 e. The number of carbonyl (C=O) groups excluding carboxylic acids is 1. The molecule has 0 radical (unpaired) electrons. The van der Waals surface area contributed by atoms with E-state index in [2.05, 4.69) is 5.32 Å². The van der Waals surface area contributed by atoms with Crippen LogP contribution in [0.25, 0.3) is 11.1 Å². The normalized spacial score (nSPS) is 10.4. The molecule has 1 aromatic heterocycles. The van der Waals surface area contributed by atoms with Crippen LogP contribution in [0.15, 0.2) is 65.5 Å². The van der Waals surface area contributed by atoms with Gasteiger partial charge in [0.05, 0.1) is 25.2 Å². The fourth-order valence-corrected chi connectivity index (χ4v) is 2.55. The summed E-state index contributed by atoms with van der Waals surface area (Å²) >= 11 is 5.96. The Labute approximate surface area is 145 Å². The molecular formula is C19H16ClNO3. The van der Waals surface area contributed by atoms with Gasteiger partial charge in [-0.1, -0.05) is 35.9 Å². The molecule has 1 heterocycles. The summed E-state index contributed by atoms with van der Waals surface area (Å²) in [5.41, 5.74) is 3.50. The van der Waals surface area contributed by atoms with Gasteiger partial charge in [0, 0.05) is 17.1 Å². The molecule has 0 aliphatic rings. The van der Waals surface area contributed by atoms with Gasteiger partial charge >= 0.3 is 0 Å². The molecular weight excluding hydrogens is 326 g/mol. The molecule has 0 aliphatic heterocycles. The van der Waals surface area contributed by atoms with Crippen LogP contribution in [-0.4, -0.2) is 13.0 Å². The highest BCUT2D eigenvalue weighted by Crippen LogP contribution is 2.23. The number of amides is 1. The summed E-state index contributed by atoms with van der Waals surface area (Å²) < 4.78 is 10.3. The fraction of sp³-hybridized carbons (Fsp3) is 0.105. The first-order chi connectivity index (χ1) is 11.7. The van der Waals surface area contributed by atoms with Crippen molar-refractivity contribution in [2.75, 3.05) is 7.11 Å².